The van der Waals surface area contributed by atoms with Gasteiger partial charge in [0.2, 0.25) is 5.91 Å². The van der Waals surface area contributed by atoms with Gasteiger partial charge in [0.25, 0.3) is 0 Å². The second-order valence-electron chi connectivity index (χ2n) is 4.56. The lowest BCUT2D eigenvalue weighted by Gasteiger charge is -2.03. The third-order valence-electron chi connectivity index (χ3n) is 3.27. The molecule has 0 spiro atoms. The summed E-state index contributed by atoms with van der Waals surface area (Å²) in [7, 11) is 0. The molecule has 18 heavy (non-hydrogen) atoms. The molecule has 3 nitrogen and oxygen atoms in total. The lowest BCUT2D eigenvalue weighted by Crippen LogP contribution is -2.15. The number of aromatic nitrogens is 1. The van der Waals surface area contributed by atoms with E-state index in [9.17, 15) is 4.79 Å². The summed E-state index contributed by atoms with van der Waals surface area (Å²) in [6, 6.07) is 15.7. The smallest absolute Gasteiger partial charge is 0.229 e. The van der Waals surface area contributed by atoms with Crippen molar-refractivity contribution in [3.05, 3.63) is 60.3 Å². The molecule has 1 aliphatic carbocycles. The van der Waals surface area contributed by atoms with E-state index in [1.807, 2.05) is 30.3 Å². The molecule has 1 fully saturated rings. The first-order valence-electron chi connectivity index (χ1n) is 6.11. The zero-order valence-electron chi connectivity index (χ0n) is 9.91. The Kier molecular flexibility index (Phi) is 2.81. The fourth-order valence-electron chi connectivity index (χ4n) is 2.21. The SMILES string of the molecule is O=C(Nc1ccccn1)[C@@H]1C[C@@H]1c1ccccc1. The van der Waals surface area contributed by atoms with Crippen LogP contribution in [0.5, 0.6) is 0 Å². The maximum atomic E-state index is 12.0. The van der Waals surface area contributed by atoms with Crippen LogP contribution in [0, 0.1) is 5.92 Å². The number of nitrogens with one attached hydrogen (secondary N) is 1. The summed E-state index contributed by atoms with van der Waals surface area (Å²) in [5.41, 5.74) is 1.25. The van der Waals surface area contributed by atoms with E-state index in [4.69, 9.17) is 0 Å². The van der Waals surface area contributed by atoms with Crippen LogP contribution >= 0.6 is 0 Å². The number of pyridine rings is 1. The highest BCUT2D eigenvalue weighted by molar-refractivity contribution is 5.94. The molecule has 1 aromatic heterocycles. The van der Waals surface area contributed by atoms with Gasteiger partial charge in [0, 0.05) is 12.1 Å². The summed E-state index contributed by atoms with van der Waals surface area (Å²) >= 11 is 0. The normalized spacial score (nSPS) is 21.3. The lowest BCUT2D eigenvalue weighted by molar-refractivity contribution is -0.117. The minimum atomic E-state index is 0.0718. The number of rotatable bonds is 3. The molecular weight excluding hydrogens is 224 g/mol. The van der Waals surface area contributed by atoms with Gasteiger partial charge >= 0.3 is 0 Å². The summed E-state index contributed by atoms with van der Waals surface area (Å²) in [6.07, 6.45) is 2.61. The van der Waals surface area contributed by atoms with Gasteiger partial charge in [-0.2, -0.15) is 0 Å². The van der Waals surface area contributed by atoms with Gasteiger partial charge in [0.15, 0.2) is 0 Å². The van der Waals surface area contributed by atoms with Crippen LogP contribution in [0.3, 0.4) is 0 Å². The van der Waals surface area contributed by atoms with Crippen LogP contribution in [0.2, 0.25) is 0 Å². The molecule has 90 valence electrons. The van der Waals surface area contributed by atoms with Gasteiger partial charge < -0.3 is 5.32 Å². The average Bonchev–Trinajstić information content (AvgIpc) is 3.21. The zero-order chi connectivity index (χ0) is 12.4. The van der Waals surface area contributed by atoms with E-state index in [-0.39, 0.29) is 11.8 Å². The Balaban J connectivity index is 1.63. The first-order chi connectivity index (χ1) is 8.84. The second kappa shape index (κ2) is 4.61. The molecule has 1 saturated carbocycles. The third-order valence-corrected chi connectivity index (χ3v) is 3.27. The fourth-order valence-corrected chi connectivity index (χ4v) is 2.21. The molecule has 1 aliphatic rings. The van der Waals surface area contributed by atoms with Gasteiger partial charge in [-0.25, -0.2) is 4.98 Å². The predicted molar refractivity (Wildman–Crippen MR) is 70.2 cm³/mol. The van der Waals surface area contributed by atoms with Crippen molar-refractivity contribution in [1.82, 2.24) is 4.98 Å². The van der Waals surface area contributed by atoms with Crippen molar-refractivity contribution >= 4 is 11.7 Å². The van der Waals surface area contributed by atoms with Gasteiger partial charge in [-0.1, -0.05) is 36.4 Å². The largest absolute Gasteiger partial charge is 0.310 e. The Bertz CT molecular complexity index is 539. The summed E-state index contributed by atoms with van der Waals surface area (Å²) in [4.78, 5) is 16.1. The maximum absolute atomic E-state index is 12.0. The van der Waals surface area contributed by atoms with Crippen molar-refractivity contribution in [3.8, 4) is 0 Å². The minimum Gasteiger partial charge on any atom is -0.310 e. The van der Waals surface area contributed by atoms with Crippen LogP contribution < -0.4 is 5.32 Å². The first kappa shape index (κ1) is 11.0. The number of nitrogens with zero attached hydrogens (tertiary/aromatic N) is 1. The zero-order valence-corrected chi connectivity index (χ0v) is 9.91. The lowest BCUT2D eigenvalue weighted by atomic mass is 10.1. The molecule has 0 unspecified atom stereocenters. The van der Waals surface area contributed by atoms with Gasteiger partial charge in [-0.15, -0.1) is 0 Å². The number of amides is 1. The van der Waals surface area contributed by atoms with Crippen molar-refractivity contribution in [3.63, 3.8) is 0 Å². The minimum absolute atomic E-state index is 0.0718. The average molecular weight is 238 g/mol. The third kappa shape index (κ3) is 2.25. The van der Waals surface area contributed by atoms with Crippen LogP contribution in [-0.2, 0) is 4.79 Å². The highest BCUT2D eigenvalue weighted by Gasteiger charge is 2.43. The second-order valence-corrected chi connectivity index (χ2v) is 4.56. The molecule has 3 heteroatoms. The van der Waals surface area contributed by atoms with E-state index in [0.717, 1.165) is 6.42 Å². The molecule has 1 N–H and O–H groups in total. The molecule has 2 atom stereocenters. The van der Waals surface area contributed by atoms with Gasteiger partial charge in [-0.3, -0.25) is 4.79 Å². The van der Waals surface area contributed by atoms with E-state index in [0.29, 0.717) is 11.7 Å². The van der Waals surface area contributed by atoms with Crippen LogP contribution in [0.4, 0.5) is 5.82 Å². The number of carbonyl (C=O) groups excluding carboxylic acids is 1. The predicted octanol–water partition coefficient (Wildman–Crippen LogP) is 2.82. The molecule has 3 rings (SSSR count). The van der Waals surface area contributed by atoms with Crippen molar-refractivity contribution in [2.45, 2.75) is 12.3 Å². The van der Waals surface area contributed by atoms with Crippen molar-refractivity contribution in [1.29, 1.82) is 0 Å². The Hall–Kier alpha value is -2.16. The monoisotopic (exact) mass is 238 g/mol. The summed E-state index contributed by atoms with van der Waals surface area (Å²) in [5, 5.41) is 2.85. The highest BCUT2D eigenvalue weighted by atomic mass is 16.2. The topological polar surface area (TPSA) is 42.0 Å². The Morgan fingerprint density at radius 3 is 2.61 bits per heavy atom. The molecule has 0 radical (unpaired) electrons. The summed E-state index contributed by atoms with van der Waals surface area (Å²) in [5.74, 6) is 1.16. The van der Waals surface area contributed by atoms with Gasteiger partial charge in [0.05, 0.1) is 0 Å². The molecule has 2 aromatic rings. The van der Waals surface area contributed by atoms with Gasteiger partial charge in [0.1, 0.15) is 5.82 Å². The van der Waals surface area contributed by atoms with E-state index in [1.54, 1.807) is 12.3 Å². The van der Waals surface area contributed by atoms with E-state index in [1.165, 1.54) is 5.56 Å². The first-order valence-corrected chi connectivity index (χ1v) is 6.11. The Labute approximate surface area is 106 Å². The molecular formula is C15H14N2O. The standard InChI is InChI=1S/C15H14N2O/c18-15(17-14-8-4-5-9-16-14)13-10-12(13)11-6-2-1-3-7-11/h1-9,12-13H,10H2,(H,16,17,18)/t12-,13-/m1/s1. The van der Waals surface area contributed by atoms with Crippen LogP contribution in [0.15, 0.2) is 54.7 Å². The molecule has 1 aromatic carbocycles. The van der Waals surface area contributed by atoms with E-state index in [2.05, 4.69) is 22.4 Å². The van der Waals surface area contributed by atoms with E-state index >= 15 is 0 Å². The Morgan fingerprint density at radius 1 is 1.11 bits per heavy atom. The Morgan fingerprint density at radius 2 is 1.89 bits per heavy atom. The molecule has 0 aliphatic heterocycles. The summed E-state index contributed by atoms with van der Waals surface area (Å²) in [6.45, 7) is 0. The number of benzene rings is 1. The highest BCUT2D eigenvalue weighted by Crippen LogP contribution is 2.47. The maximum Gasteiger partial charge on any atom is 0.229 e. The van der Waals surface area contributed by atoms with E-state index < -0.39 is 0 Å². The van der Waals surface area contributed by atoms with Crippen LogP contribution in [0.25, 0.3) is 0 Å². The number of hydrogen-bond acceptors (Lipinski definition) is 2. The summed E-state index contributed by atoms with van der Waals surface area (Å²) < 4.78 is 0. The number of anilines is 1. The van der Waals surface area contributed by atoms with Crippen molar-refractivity contribution < 1.29 is 4.79 Å². The fraction of sp³-hybridized carbons (Fsp3) is 0.200. The molecule has 0 bridgehead atoms. The van der Waals surface area contributed by atoms with Crippen LogP contribution in [0.1, 0.15) is 17.9 Å². The molecule has 1 heterocycles. The van der Waals surface area contributed by atoms with Crippen molar-refractivity contribution in [2.75, 3.05) is 5.32 Å². The van der Waals surface area contributed by atoms with Crippen molar-refractivity contribution in [2.24, 2.45) is 5.92 Å². The quantitative estimate of drug-likeness (QED) is 0.893. The number of hydrogen-bond donors (Lipinski definition) is 1. The molecule has 0 saturated heterocycles. The number of carbonyl (C=O) groups is 1. The molecule has 1 amide bonds. The van der Waals surface area contributed by atoms with Crippen LogP contribution in [-0.4, -0.2) is 10.9 Å². The van der Waals surface area contributed by atoms with Gasteiger partial charge in [-0.05, 0) is 30.0 Å².